The Balaban J connectivity index is 0.00000180. The van der Waals surface area contributed by atoms with Crippen molar-refractivity contribution < 1.29 is 9.47 Å². The number of ether oxygens (including phenoxy) is 2. The van der Waals surface area contributed by atoms with Crippen molar-refractivity contribution in [3.05, 3.63) is 42.0 Å². The third-order valence-electron chi connectivity index (χ3n) is 3.00. The first kappa shape index (κ1) is 16.0. The second kappa shape index (κ2) is 8.97. The Bertz CT molecular complexity index is 372. The van der Waals surface area contributed by atoms with Crippen LogP contribution in [0.15, 0.2) is 36.4 Å². The van der Waals surface area contributed by atoms with E-state index < -0.39 is 0 Å². The summed E-state index contributed by atoms with van der Waals surface area (Å²) in [6, 6.07) is 8.13. The minimum absolute atomic E-state index is 0. The van der Waals surface area contributed by atoms with E-state index in [4.69, 9.17) is 9.47 Å². The van der Waals surface area contributed by atoms with Gasteiger partial charge in [-0.05, 0) is 19.1 Å². The molecule has 1 aromatic rings. The molecule has 0 saturated carbocycles. The fourth-order valence-electron chi connectivity index (χ4n) is 1.85. The Hall–Kier alpha value is -1.03. The Morgan fingerprint density at radius 3 is 2.53 bits per heavy atom. The maximum Gasteiger partial charge on any atom is 0.119 e. The predicted molar refractivity (Wildman–Crippen MR) is 80.3 cm³/mol. The second-order valence-electron chi connectivity index (χ2n) is 4.51. The highest BCUT2D eigenvalue weighted by molar-refractivity contribution is 5.85. The molecule has 1 aromatic carbocycles. The zero-order chi connectivity index (χ0) is 12.6. The first-order valence-electron chi connectivity index (χ1n) is 6.49. The maximum atomic E-state index is 5.62. The van der Waals surface area contributed by atoms with Crippen molar-refractivity contribution in [2.45, 2.75) is 6.92 Å². The average Bonchev–Trinajstić information content (AvgIpc) is 2.42. The van der Waals surface area contributed by atoms with Gasteiger partial charge in [0, 0.05) is 19.6 Å². The molecule has 4 heteroatoms. The van der Waals surface area contributed by atoms with Crippen LogP contribution in [0, 0.1) is 6.92 Å². The first-order chi connectivity index (χ1) is 8.84. The molecule has 1 saturated heterocycles. The molecule has 1 heterocycles. The number of hydrogen-bond acceptors (Lipinski definition) is 3. The summed E-state index contributed by atoms with van der Waals surface area (Å²) in [5.41, 5.74) is 1.25. The lowest BCUT2D eigenvalue weighted by Crippen LogP contribution is -2.36. The van der Waals surface area contributed by atoms with Gasteiger partial charge in [-0.2, -0.15) is 0 Å². The number of aryl methyl sites for hydroxylation is 1. The summed E-state index contributed by atoms with van der Waals surface area (Å²) in [7, 11) is 0. The van der Waals surface area contributed by atoms with Crippen LogP contribution in [0.4, 0.5) is 0 Å². The average molecular weight is 284 g/mol. The molecule has 0 spiro atoms. The van der Waals surface area contributed by atoms with Crippen molar-refractivity contribution in [2.24, 2.45) is 0 Å². The minimum Gasteiger partial charge on any atom is -0.490 e. The number of hydrogen-bond donors (Lipinski definition) is 0. The highest BCUT2D eigenvalue weighted by Gasteiger charge is 2.07. The van der Waals surface area contributed by atoms with Gasteiger partial charge in [0.15, 0.2) is 0 Å². The van der Waals surface area contributed by atoms with Crippen LogP contribution in [0.3, 0.4) is 0 Å². The number of rotatable bonds is 5. The highest BCUT2D eigenvalue weighted by atomic mass is 35.5. The topological polar surface area (TPSA) is 21.7 Å². The summed E-state index contributed by atoms with van der Waals surface area (Å²) in [4.78, 5) is 2.38. The van der Waals surface area contributed by atoms with E-state index in [1.54, 1.807) is 0 Å². The normalized spacial score (nSPS) is 16.3. The van der Waals surface area contributed by atoms with Gasteiger partial charge >= 0.3 is 0 Å². The fraction of sp³-hybridized carbons (Fsp3) is 0.467. The largest absolute Gasteiger partial charge is 0.490 e. The van der Waals surface area contributed by atoms with Gasteiger partial charge in [-0.1, -0.05) is 29.8 Å². The molecule has 1 aliphatic heterocycles. The van der Waals surface area contributed by atoms with E-state index >= 15 is 0 Å². The van der Waals surface area contributed by atoms with Crippen LogP contribution >= 0.6 is 12.4 Å². The number of nitrogens with zero attached hydrogens (tertiary/aromatic N) is 1. The number of morpholine rings is 1. The van der Waals surface area contributed by atoms with Crippen LogP contribution in [0.1, 0.15) is 5.56 Å². The van der Waals surface area contributed by atoms with Gasteiger partial charge in [0.2, 0.25) is 0 Å². The molecule has 106 valence electrons. The summed E-state index contributed by atoms with van der Waals surface area (Å²) in [6.45, 7) is 7.47. The van der Waals surface area contributed by atoms with Gasteiger partial charge < -0.3 is 9.47 Å². The highest BCUT2D eigenvalue weighted by Crippen LogP contribution is 2.11. The van der Waals surface area contributed by atoms with Crippen LogP contribution < -0.4 is 4.74 Å². The molecule has 0 N–H and O–H groups in total. The summed E-state index contributed by atoms with van der Waals surface area (Å²) in [6.07, 6.45) is 4.24. The van der Waals surface area contributed by atoms with Crippen molar-refractivity contribution >= 4 is 12.4 Å². The van der Waals surface area contributed by atoms with Crippen molar-refractivity contribution in [1.29, 1.82) is 0 Å². The van der Waals surface area contributed by atoms with Crippen LogP contribution in [0.25, 0.3) is 0 Å². The minimum atomic E-state index is 0. The zero-order valence-electron chi connectivity index (χ0n) is 11.4. The molecular weight excluding hydrogens is 262 g/mol. The zero-order valence-corrected chi connectivity index (χ0v) is 12.2. The van der Waals surface area contributed by atoms with E-state index in [0.29, 0.717) is 6.61 Å². The summed E-state index contributed by atoms with van der Waals surface area (Å²) >= 11 is 0. The molecule has 0 unspecified atom stereocenters. The quantitative estimate of drug-likeness (QED) is 0.776. The lowest BCUT2D eigenvalue weighted by atomic mass is 10.2. The SMILES string of the molecule is Cc1ccc(OCC=CCN2CCOCC2)cc1.Cl. The van der Waals surface area contributed by atoms with Crippen LogP contribution in [-0.2, 0) is 4.74 Å². The maximum absolute atomic E-state index is 5.62. The number of halogens is 1. The van der Waals surface area contributed by atoms with Gasteiger partial charge in [-0.3, -0.25) is 4.90 Å². The molecule has 0 bridgehead atoms. The molecular formula is C15H22ClNO2. The Morgan fingerprint density at radius 2 is 1.84 bits per heavy atom. The first-order valence-corrected chi connectivity index (χ1v) is 6.49. The van der Waals surface area contributed by atoms with E-state index in [1.165, 1.54) is 5.56 Å². The molecule has 0 aliphatic carbocycles. The third-order valence-corrected chi connectivity index (χ3v) is 3.00. The summed E-state index contributed by atoms with van der Waals surface area (Å²) < 4.78 is 10.9. The van der Waals surface area contributed by atoms with Crippen LogP contribution in [0.2, 0.25) is 0 Å². The second-order valence-corrected chi connectivity index (χ2v) is 4.51. The van der Waals surface area contributed by atoms with E-state index in [9.17, 15) is 0 Å². The van der Waals surface area contributed by atoms with Crippen molar-refractivity contribution in [3.8, 4) is 5.75 Å². The lowest BCUT2D eigenvalue weighted by Gasteiger charge is -2.25. The summed E-state index contributed by atoms with van der Waals surface area (Å²) in [5.74, 6) is 0.927. The van der Waals surface area contributed by atoms with Gasteiger partial charge in [-0.15, -0.1) is 12.4 Å². The van der Waals surface area contributed by atoms with Gasteiger partial charge in [0.05, 0.1) is 13.2 Å². The van der Waals surface area contributed by atoms with Crippen LogP contribution in [0.5, 0.6) is 5.75 Å². The van der Waals surface area contributed by atoms with Gasteiger partial charge in [0.25, 0.3) is 0 Å². The molecule has 0 amide bonds. The predicted octanol–water partition coefficient (Wildman–Crippen LogP) is 2.68. The van der Waals surface area contributed by atoms with Gasteiger partial charge in [0.1, 0.15) is 12.4 Å². The molecule has 19 heavy (non-hydrogen) atoms. The van der Waals surface area contributed by atoms with Gasteiger partial charge in [-0.25, -0.2) is 0 Å². The third kappa shape index (κ3) is 6.10. The van der Waals surface area contributed by atoms with Crippen LogP contribution in [-0.4, -0.2) is 44.4 Å². The van der Waals surface area contributed by atoms with Crippen molar-refractivity contribution in [2.75, 3.05) is 39.5 Å². The van der Waals surface area contributed by atoms with E-state index in [1.807, 2.05) is 12.1 Å². The van der Waals surface area contributed by atoms with E-state index in [-0.39, 0.29) is 12.4 Å². The van der Waals surface area contributed by atoms with Crippen molar-refractivity contribution in [1.82, 2.24) is 4.90 Å². The molecule has 0 aromatic heterocycles. The fourth-order valence-corrected chi connectivity index (χ4v) is 1.85. The van der Waals surface area contributed by atoms with E-state index in [2.05, 4.69) is 36.1 Å². The molecule has 1 fully saturated rings. The lowest BCUT2D eigenvalue weighted by molar-refractivity contribution is 0.0434. The smallest absolute Gasteiger partial charge is 0.119 e. The molecule has 2 rings (SSSR count). The Labute approximate surface area is 121 Å². The monoisotopic (exact) mass is 283 g/mol. The molecule has 0 atom stereocenters. The van der Waals surface area contributed by atoms with E-state index in [0.717, 1.165) is 38.6 Å². The molecule has 3 nitrogen and oxygen atoms in total. The number of benzene rings is 1. The van der Waals surface area contributed by atoms with Crippen molar-refractivity contribution in [3.63, 3.8) is 0 Å². The molecule has 1 aliphatic rings. The summed E-state index contributed by atoms with van der Waals surface area (Å²) in [5, 5.41) is 0. The standard InChI is InChI=1S/C15H21NO2.ClH/c1-14-4-6-15(7-5-14)18-11-3-2-8-16-9-12-17-13-10-16;/h2-7H,8-13H2,1H3;1H. The molecule has 0 radical (unpaired) electrons. The Kier molecular flexibility index (Phi) is 7.56. The Morgan fingerprint density at radius 1 is 1.16 bits per heavy atom.